The maximum atomic E-state index is 11.6. The summed E-state index contributed by atoms with van der Waals surface area (Å²) in [4.78, 5) is 30.9. The fraction of sp³-hybridized carbons (Fsp3) is 0.444. The van der Waals surface area contributed by atoms with Gasteiger partial charge in [-0.25, -0.2) is 9.55 Å². The number of H-pyrrole nitrogens is 1. The first-order valence-electron chi connectivity index (χ1n) is 5.89. The predicted octanol–water partition coefficient (Wildman–Crippen LogP) is -3.80. The minimum absolute atomic E-state index is 0. The Balaban J connectivity index is 0.00000176. The van der Waals surface area contributed by atoms with E-state index in [0.717, 1.165) is 0 Å². The van der Waals surface area contributed by atoms with Crippen LogP contribution in [0.3, 0.4) is 0 Å². The number of hydrogen-bond acceptors (Lipinski definition) is 8. The fourth-order valence-electron chi connectivity index (χ4n) is 1.79. The smallest absolute Gasteiger partial charge is 0.369 e. The van der Waals surface area contributed by atoms with Gasteiger partial charge in [0.05, 0.1) is 19.5 Å². The van der Waals surface area contributed by atoms with Crippen LogP contribution in [0.2, 0.25) is 0 Å². The molecule has 1 aliphatic heterocycles. The van der Waals surface area contributed by atoms with Crippen molar-refractivity contribution >= 4 is 24.9 Å². The van der Waals surface area contributed by atoms with E-state index in [-0.39, 0.29) is 66.6 Å². The van der Waals surface area contributed by atoms with E-state index in [9.17, 15) is 9.36 Å². The molecule has 2 aromatic heterocycles. The van der Waals surface area contributed by atoms with Crippen LogP contribution in [0.5, 0.6) is 0 Å². The Morgan fingerprint density at radius 2 is 2.23 bits per heavy atom. The predicted molar refractivity (Wildman–Crippen MR) is 69.2 cm³/mol. The van der Waals surface area contributed by atoms with Crippen molar-refractivity contribution in [2.45, 2.75) is 12.8 Å². The number of rotatable bonds is 3. The van der Waals surface area contributed by atoms with Gasteiger partial charge in [0.2, 0.25) is 5.95 Å². The Morgan fingerprint density at radius 3 is 2.91 bits per heavy atom. The van der Waals surface area contributed by atoms with E-state index >= 15 is 0 Å². The molecule has 0 radical (unpaired) electrons. The molecule has 114 valence electrons. The summed E-state index contributed by atoms with van der Waals surface area (Å²) in [5, 5.41) is 0. The van der Waals surface area contributed by atoms with E-state index in [0.29, 0.717) is 0 Å². The average molecular weight is 340 g/mol. The standard InChI is InChI=1S/C9H12N5O6P.Na/c10-9-12-7-6(8(15)13-9)11-3-14(7)4-18-5-1-19-21(16,17)20-2-5;/h3,5H,1-2,4H2,(H,16,17)(H3,10,12,13,15);/q;+1. The third-order valence-corrected chi connectivity index (χ3v) is 3.74. The molecule has 13 heteroatoms. The van der Waals surface area contributed by atoms with Crippen molar-refractivity contribution < 1.29 is 52.8 Å². The number of hydrogen-bond donors (Lipinski definition) is 3. The SMILES string of the molecule is Nc1nc2c(ncn2COC2COP(=O)(O)OC2)c(=O)[nH]1.[Na+]. The summed E-state index contributed by atoms with van der Waals surface area (Å²) in [5.74, 6) is -0.0280. The van der Waals surface area contributed by atoms with Crippen LogP contribution in [0.25, 0.3) is 11.2 Å². The van der Waals surface area contributed by atoms with Crippen LogP contribution in [-0.4, -0.2) is 43.7 Å². The molecule has 4 N–H and O–H groups in total. The summed E-state index contributed by atoms with van der Waals surface area (Å²) in [6.45, 7) is -0.132. The third kappa shape index (κ3) is 3.76. The van der Waals surface area contributed by atoms with E-state index < -0.39 is 19.5 Å². The monoisotopic (exact) mass is 340 g/mol. The van der Waals surface area contributed by atoms with Gasteiger partial charge < -0.3 is 15.4 Å². The van der Waals surface area contributed by atoms with Gasteiger partial charge >= 0.3 is 37.4 Å². The summed E-state index contributed by atoms with van der Waals surface area (Å²) in [5.41, 5.74) is 5.45. The molecule has 2 aromatic rings. The number of aromatic nitrogens is 4. The Bertz CT molecular complexity index is 765. The number of nitrogens with two attached hydrogens (primary N) is 1. The number of nitrogens with zero attached hydrogens (tertiary/aromatic N) is 3. The van der Waals surface area contributed by atoms with Gasteiger partial charge in [0.25, 0.3) is 5.56 Å². The van der Waals surface area contributed by atoms with Crippen molar-refractivity contribution in [2.24, 2.45) is 0 Å². The Morgan fingerprint density at radius 1 is 1.55 bits per heavy atom. The Kier molecular flexibility index (Phi) is 5.41. The quantitative estimate of drug-likeness (QED) is 0.377. The van der Waals surface area contributed by atoms with Crippen molar-refractivity contribution in [3.8, 4) is 0 Å². The van der Waals surface area contributed by atoms with Gasteiger partial charge in [0, 0.05) is 0 Å². The van der Waals surface area contributed by atoms with Gasteiger partial charge in [-0.2, -0.15) is 4.98 Å². The molecule has 0 amide bonds. The van der Waals surface area contributed by atoms with E-state index in [4.69, 9.17) is 15.4 Å². The molecule has 0 aromatic carbocycles. The second-order valence-corrected chi connectivity index (χ2v) is 5.77. The number of phosphoric ester groups is 1. The normalized spacial score (nSPS) is 25.0. The first kappa shape index (κ1) is 17.6. The first-order valence-corrected chi connectivity index (χ1v) is 7.38. The summed E-state index contributed by atoms with van der Waals surface area (Å²) in [6, 6.07) is 0. The molecule has 0 saturated carbocycles. The van der Waals surface area contributed by atoms with Gasteiger partial charge in [0.15, 0.2) is 11.2 Å². The van der Waals surface area contributed by atoms with Crippen LogP contribution in [0.15, 0.2) is 11.1 Å². The minimum Gasteiger partial charge on any atom is -0.369 e. The Hall–Kier alpha value is -0.780. The van der Waals surface area contributed by atoms with Crippen molar-refractivity contribution in [3.63, 3.8) is 0 Å². The van der Waals surface area contributed by atoms with Gasteiger partial charge in [0.1, 0.15) is 12.8 Å². The number of anilines is 1. The molecular formula is C9H12N5NaO6P+. The molecule has 0 unspecified atom stereocenters. The molecule has 0 bridgehead atoms. The molecule has 0 aliphatic carbocycles. The third-order valence-electron chi connectivity index (χ3n) is 2.79. The van der Waals surface area contributed by atoms with Crippen molar-refractivity contribution in [1.82, 2.24) is 19.5 Å². The van der Waals surface area contributed by atoms with E-state index in [2.05, 4.69) is 24.0 Å². The first-order chi connectivity index (χ1) is 9.94. The number of phosphoric acid groups is 1. The molecule has 0 atom stereocenters. The minimum atomic E-state index is -3.93. The second kappa shape index (κ2) is 6.77. The maximum Gasteiger partial charge on any atom is 1.00 e. The van der Waals surface area contributed by atoms with Crippen LogP contribution >= 0.6 is 7.82 Å². The zero-order chi connectivity index (χ0) is 15.0. The molecule has 22 heavy (non-hydrogen) atoms. The largest absolute Gasteiger partial charge is 1.00 e. The van der Waals surface area contributed by atoms with Crippen molar-refractivity contribution in [3.05, 3.63) is 16.7 Å². The van der Waals surface area contributed by atoms with Gasteiger partial charge in [-0.15, -0.1) is 0 Å². The summed E-state index contributed by atoms with van der Waals surface area (Å²) >= 11 is 0. The fourth-order valence-corrected chi connectivity index (χ4v) is 2.57. The second-order valence-electron chi connectivity index (χ2n) is 4.32. The molecule has 1 aliphatic rings. The zero-order valence-electron chi connectivity index (χ0n) is 11.6. The molecule has 3 heterocycles. The number of nitrogen functional groups attached to an aromatic ring is 1. The van der Waals surface area contributed by atoms with Gasteiger partial charge in [-0.05, 0) is 0 Å². The van der Waals surface area contributed by atoms with Crippen LogP contribution < -0.4 is 40.9 Å². The number of imidazole rings is 1. The summed E-state index contributed by atoms with van der Waals surface area (Å²) < 4.78 is 27.2. The van der Waals surface area contributed by atoms with Gasteiger partial charge in [-0.1, -0.05) is 0 Å². The number of ether oxygens (including phenoxy) is 1. The van der Waals surface area contributed by atoms with Crippen LogP contribution in [-0.2, 0) is 25.1 Å². The molecule has 1 fully saturated rings. The molecule has 11 nitrogen and oxygen atoms in total. The number of aromatic amines is 1. The summed E-state index contributed by atoms with van der Waals surface area (Å²) in [6.07, 6.45) is 0.865. The maximum absolute atomic E-state index is 11.6. The van der Waals surface area contributed by atoms with Crippen LogP contribution in [0.1, 0.15) is 0 Å². The zero-order valence-corrected chi connectivity index (χ0v) is 14.5. The average Bonchev–Trinajstić information content (AvgIpc) is 2.81. The van der Waals surface area contributed by atoms with Gasteiger partial charge in [-0.3, -0.25) is 23.4 Å². The van der Waals surface area contributed by atoms with E-state index in [1.54, 1.807) is 0 Å². The van der Waals surface area contributed by atoms with E-state index in [1.807, 2.05) is 0 Å². The van der Waals surface area contributed by atoms with Crippen LogP contribution in [0.4, 0.5) is 5.95 Å². The van der Waals surface area contributed by atoms with Crippen molar-refractivity contribution in [1.29, 1.82) is 0 Å². The summed E-state index contributed by atoms with van der Waals surface area (Å²) in [7, 11) is -3.93. The number of fused-ring (bicyclic) bond motifs is 1. The molecule has 0 spiro atoms. The Labute approximate surface area is 145 Å². The van der Waals surface area contributed by atoms with Crippen LogP contribution in [0, 0.1) is 0 Å². The topological polar surface area (TPSA) is 155 Å². The molecule has 1 saturated heterocycles. The molecular weight excluding hydrogens is 328 g/mol. The van der Waals surface area contributed by atoms with E-state index in [1.165, 1.54) is 10.9 Å². The molecule has 3 rings (SSSR count). The number of nitrogens with one attached hydrogen (secondary N) is 1. The van der Waals surface area contributed by atoms with Crippen molar-refractivity contribution in [2.75, 3.05) is 18.9 Å².